The van der Waals surface area contributed by atoms with E-state index in [4.69, 9.17) is 5.26 Å². The molecule has 0 heterocycles. The van der Waals surface area contributed by atoms with Crippen LogP contribution in [0.3, 0.4) is 0 Å². The molecule has 0 radical (unpaired) electrons. The molecule has 1 aromatic carbocycles. The van der Waals surface area contributed by atoms with Gasteiger partial charge in [0.15, 0.2) is 0 Å². The van der Waals surface area contributed by atoms with Gasteiger partial charge in [-0.05, 0) is 24.8 Å². The van der Waals surface area contributed by atoms with E-state index in [1.165, 1.54) is 12.1 Å². The second-order valence-electron chi connectivity index (χ2n) is 4.35. The zero-order chi connectivity index (χ0) is 11.6. The predicted molar refractivity (Wildman–Crippen MR) is 58.7 cm³/mol. The number of nitro groups is 1. The summed E-state index contributed by atoms with van der Waals surface area (Å²) in [6.07, 6.45) is 3.71. The van der Waals surface area contributed by atoms with E-state index in [0.29, 0.717) is 6.42 Å². The smallest absolute Gasteiger partial charge is 0.258 e. The average Bonchev–Trinajstić information content (AvgIpc) is 2.24. The van der Waals surface area contributed by atoms with Crippen molar-refractivity contribution in [2.45, 2.75) is 25.7 Å². The summed E-state index contributed by atoms with van der Waals surface area (Å²) >= 11 is 0. The Labute approximate surface area is 93.7 Å². The molecule has 1 aromatic rings. The second-order valence-corrected chi connectivity index (χ2v) is 4.35. The SMILES string of the molecule is N#CC1(Cc2ccc([N+](=O)[O-])cc2)CCC1. The van der Waals surface area contributed by atoms with Gasteiger partial charge in [0, 0.05) is 12.1 Å². The van der Waals surface area contributed by atoms with Gasteiger partial charge in [-0.15, -0.1) is 0 Å². The normalized spacial score (nSPS) is 17.2. The third-order valence-electron chi connectivity index (χ3n) is 3.24. The Morgan fingerprint density at radius 1 is 1.38 bits per heavy atom. The van der Waals surface area contributed by atoms with Crippen LogP contribution in [0.15, 0.2) is 24.3 Å². The number of non-ortho nitro benzene ring substituents is 1. The first-order chi connectivity index (χ1) is 7.65. The molecule has 2 rings (SSSR count). The van der Waals surface area contributed by atoms with Crippen molar-refractivity contribution in [2.75, 3.05) is 0 Å². The van der Waals surface area contributed by atoms with Gasteiger partial charge in [-0.25, -0.2) is 0 Å². The maximum absolute atomic E-state index is 10.5. The predicted octanol–water partition coefficient (Wildman–Crippen LogP) is 2.83. The van der Waals surface area contributed by atoms with Crippen LogP contribution in [-0.4, -0.2) is 4.92 Å². The fourth-order valence-electron chi connectivity index (χ4n) is 2.06. The van der Waals surface area contributed by atoms with Crippen molar-refractivity contribution in [3.63, 3.8) is 0 Å². The van der Waals surface area contributed by atoms with Crippen LogP contribution >= 0.6 is 0 Å². The molecule has 0 spiro atoms. The number of benzene rings is 1. The Hall–Kier alpha value is -1.89. The molecule has 4 heteroatoms. The van der Waals surface area contributed by atoms with Gasteiger partial charge in [0.05, 0.1) is 16.4 Å². The third-order valence-corrected chi connectivity index (χ3v) is 3.24. The van der Waals surface area contributed by atoms with E-state index < -0.39 is 4.92 Å². The van der Waals surface area contributed by atoms with Crippen LogP contribution in [0.4, 0.5) is 5.69 Å². The molecule has 0 N–H and O–H groups in total. The largest absolute Gasteiger partial charge is 0.269 e. The molecule has 0 unspecified atom stereocenters. The van der Waals surface area contributed by atoms with Gasteiger partial charge in [-0.2, -0.15) is 5.26 Å². The van der Waals surface area contributed by atoms with E-state index >= 15 is 0 Å². The highest BCUT2D eigenvalue weighted by molar-refractivity contribution is 5.34. The fourth-order valence-corrected chi connectivity index (χ4v) is 2.06. The fraction of sp³-hybridized carbons (Fsp3) is 0.417. The molecule has 82 valence electrons. The summed E-state index contributed by atoms with van der Waals surface area (Å²) in [4.78, 5) is 10.1. The number of hydrogen-bond donors (Lipinski definition) is 0. The number of nitro benzene ring substituents is 1. The Kier molecular flexibility index (Phi) is 2.61. The van der Waals surface area contributed by atoms with Gasteiger partial charge in [0.1, 0.15) is 0 Å². The molecule has 0 aromatic heterocycles. The number of rotatable bonds is 3. The molecule has 1 aliphatic carbocycles. The molecular weight excluding hydrogens is 204 g/mol. The summed E-state index contributed by atoms with van der Waals surface area (Å²) < 4.78 is 0. The zero-order valence-electron chi connectivity index (χ0n) is 8.85. The van der Waals surface area contributed by atoms with Crippen molar-refractivity contribution in [1.29, 1.82) is 5.26 Å². The van der Waals surface area contributed by atoms with Crippen LogP contribution < -0.4 is 0 Å². The lowest BCUT2D eigenvalue weighted by molar-refractivity contribution is -0.384. The van der Waals surface area contributed by atoms with Crippen LogP contribution in [0.1, 0.15) is 24.8 Å². The second kappa shape index (κ2) is 3.93. The lowest BCUT2D eigenvalue weighted by atomic mass is 9.66. The van der Waals surface area contributed by atoms with Crippen molar-refractivity contribution < 1.29 is 4.92 Å². The van der Waals surface area contributed by atoms with Crippen molar-refractivity contribution >= 4 is 5.69 Å². The monoisotopic (exact) mass is 216 g/mol. The van der Waals surface area contributed by atoms with Crippen molar-refractivity contribution in [1.82, 2.24) is 0 Å². The van der Waals surface area contributed by atoms with Gasteiger partial charge >= 0.3 is 0 Å². The number of nitrogens with zero attached hydrogens (tertiary/aromatic N) is 2. The minimum atomic E-state index is -0.410. The van der Waals surface area contributed by atoms with Gasteiger partial charge < -0.3 is 0 Å². The Bertz CT molecular complexity index is 441. The van der Waals surface area contributed by atoms with E-state index in [1.54, 1.807) is 12.1 Å². The molecule has 16 heavy (non-hydrogen) atoms. The summed E-state index contributed by atoms with van der Waals surface area (Å²) in [5.74, 6) is 0. The molecule has 0 aliphatic heterocycles. The third kappa shape index (κ3) is 1.89. The van der Waals surface area contributed by atoms with Gasteiger partial charge in [0.2, 0.25) is 0 Å². The summed E-state index contributed by atoms with van der Waals surface area (Å²) in [6, 6.07) is 8.86. The van der Waals surface area contributed by atoms with E-state index in [0.717, 1.165) is 24.8 Å². The van der Waals surface area contributed by atoms with Crippen LogP contribution in [0, 0.1) is 26.9 Å². The van der Waals surface area contributed by atoms with Crippen molar-refractivity contribution in [3.05, 3.63) is 39.9 Å². The highest BCUT2D eigenvalue weighted by atomic mass is 16.6. The molecule has 1 fully saturated rings. The summed E-state index contributed by atoms with van der Waals surface area (Å²) in [6.45, 7) is 0. The van der Waals surface area contributed by atoms with E-state index in [1.807, 2.05) is 0 Å². The standard InChI is InChI=1S/C12H12N2O2/c13-9-12(6-1-7-12)8-10-2-4-11(5-3-10)14(15)16/h2-5H,1,6-8H2. The van der Waals surface area contributed by atoms with Gasteiger partial charge in [-0.1, -0.05) is 18.6 Å². The highest BCUT2D eigenvalue weighted by Gasteiger charge is 2.37. The molecule has 4 nitrogen and oxygen atoms in total. The summed E-state index contributed by atoms with van der Waals surface area (Å²) in [5, 5.41) is 19.6. The van der Waals surface area contributed by atoms with Crippen LogP contribution in [0.25, 0.3) is 0 Å². The number of nitriles is 1. The lowest BCUT2D eigenvalue weighted by Crippen LogP contribution is -2.29. The van der Waals surface area contributed by atoms with Crippen molar-refractivity contribution in [3.8, 4) is 6.07 Å². The quantitative estimate of drug-likeness (QED) is 0.576. The first kappa shape index (κ1) is 10.6. The Morgan fingerprint density at radius 2 is 2.00 bits per heavy atom. The minimum absolute atomic E-state index is 0.100. The topological polar surface area (TPSA) is 66.9 Å². The van der Waals surface area contributed by atoms with Gasteiger partial charge in [-0.3, -0.25) is 10.1 Å². The number of hydrogen-bond acceptors (Lipinski definition) is 3. The summed E-state index contributed by atoms with van der Waals surface area (Å²) in [5.41, 5.74) is 0.895. The molecule has 1 saturated carbocycles. The first-order valence-electron chi connectivity index (χ1n) is 5.30. The lowest BCUT2D eigenvalue weighted by Gasteiger charge is -2.35. The zero-order valence-corrected chi connectivity index (χ0v) is 8.85. The molecule has 0 bridgehead atoms. The maximum atomic E-state index is 10.5. The van der Waals surface area contributed by atoms with Crippen LogP contribution in [0.5, 0.6) is 0 Å². The van der Waals surface area contributed by atoms with E-state index in [-0.39, 0.29) is 11.1 Å². The molecule has 1 aliphatic rings. The van der Waals surface area contributed by atoms with Crippen LogP contribution in [0.2, 0.25) is 0 Å². The Balaban J connectivity index is 2.11. The molecule has 0 atom stereocenters. The minimum Gasteiger partial charge on any atom is -0.258 e. The van der Waals surface area contributed by atoms with Crippen LogP contribution in [-0.2, 0) is 6.42 Å². The average molecular weight is 216 g/mol. The highest BCUT2D eigenvalue weighted by Crippen LogP contribution is 2.43. The van der Waals surface area contributed by atoms with E-state index in [9.17, 15) is 10.1 Å². The first-order valence-corrected chi connectivity index (χ1v) is 5.30. The maximum Gasteiger partial charge on any atom is 0.269 e. The van der Waals surface area contributed by atoms with E-state index in [2.05, 4.69) is 6.07 Å². The van der Waals surface area contributed by atoms with Gasteiger partial charge in [0.25, 0.3) is 5.69 Å². The van der Waals surface area contributed by atoms with Crippen molar-refractivity contribution in [2.24, 2.45) is 5.41 Å². The summed E-state index contributed by atoms with van der Waals surface area (Å²) in [7, 11) is 0. The Morgan fingerprint density at radius 3 is 2.38 bits per heavy atom. The molecule has 0 amide bonds. The molecular formula is C12H12N2O2. The molecule has 0 saturated heterocycles.